The topological polar surface area (TPSA) is 32.3 Å². The van der Waals surface area contributed by atoms with Crippen LogP contribution in [0.25, 0.3) is 0 Å². The maximum Gasteiger partial charge on any atom is 0.418 e. The Morgan fingerprint density at radius 2 is 1.96 bits per heavy atom. The molecule has 3 nitrogen and oxygen atoms in total. The van der Waals surface area contributed by atoms with Gasteiger partial charge in [0.25, 0.3) is 0 Å². The lowest BCUT2D eigenvalue weighted by Crippen LogP contribution is -2.34. The van der Waals surface area contributed by atoms with Crippen molar-refractivity contribution in [3.05, 3.63) is 58.6 Å². The molecule has 1 aliphatic rings. The van der Waals surface area contributed by atoms with Crippen LogP contribution in [0.1, 0.15) is 11.1 Å². The van der Waals surface area contributed by atoms with Crippen molar-refractivity contribution in [3.63, 3.8) is 0 Å². The first-order chi connectivity index (χ1) is 11.4. The fourth-order valence-corrected chi connectivity index (χ4v) is 2.94. The summed E-state index contributed by atoms with van der Waals surface area (Å²) in [6.07, 6.45) is -3.80. The van der Waals surface area contributed by atoms with Gasteiger partial charge in [-0.3, -0.25) is 4.79 Å². The van der Waals surface area contributed by atoms with Crippen molar-refractivity contribution >= 4 is 28.9 Å². The lowest BCUT2D eigenvalue weighted by atomic mass is 10.1. The highest BCUT2D eigenvalue weighted by Crippen LogP contribution is 2.36. The van der Waals surface area contributed by atoms with Crippen molar-refractivity contribution in [2.45, 2.75) is 12.6 Å². The number of carbonyl (C=O) groups is 1. The molecule has 0 saturated heterocycles. The van der Waals surface area contributed by atoms with Gasteiger partial charge >= 0.3 is 6.18 Å². The summed E-state index contributed by atoms with van der Waals surface area (Å²) in [5.74, 6) is -0.275. The van der Waals surface area contributed by atoms with Gasteiger partial charge in [-0.15, -0.1) is 0 Å². The minimum Gasteiger partial charge on any atom is -0.376 e. The van der Waals surface area contributed by atoms with Gasteiger partial charge in [-0.1, -0.05) is 29.8 Å². The van der Waals surface area contributed by atoms with E-state index >= 15 is 0 Å². The van der Waals surface area contributed by atoms with Crippen LogP contribution in [-0.2, 0) is 17.4 Å². The number of para-hydroxylation sites is 1. The van der Waals surface area contributed by atoms with E-state index in [1.54, 1.807) is 4.90 Å². The molecule has 0 unspecified atom stereocenters. The van der Waals surface area contributed by atoms with Crippen molar-refractivity contribution < 1.29 is 18.0 Å². The van der Waals surface area contributed by atoms with Gasteiger partial charge in [-0.25, -0.2) is 0 Å². The monoisotopic (exact) mass is 354 g/mol. The average molecular weight is 355 g/mol. The summed E-state index contributed by atoms with van der Waals surface area (Å²) in [5.41, 5.74) is 0.835. The van der Waals surface area contributed by atoms with Crippen molar-refractivity contribution in [1.29, 1.82) is 0 Å². The second kappa shape index (κ2) is 6.36. The third-order valence-electron chi connectivity index (χ3n) is 3.91. The van der Waals surface area contributed by atoms with Gasteiger partial charge < -0.3 is 10.2 Å². The molecule has 1 aliphatic heterocycles. The van der Waals surface area contributed by atoms with E-state index in [1.165, 1.54) is 12.1 Å². The molecule has 1 N–H and O–H groups in total. The molecule has 7 heteroatoms. The molecule has 1 amide bonds. The van der Waals surface area contributed by atoms with Gasteiger partial charge in [-0.2, -0.15) is 13.2 Å². The smallest absolute Gasteiger partial charge is 0.376 e. The van der Waals surface area contributed by atoms with Crippen LogP contribution in [0.4, 0.5) is 24.5 Å². The van der Waals surface area contributed by atoms with E-state index in [0.29, 0.717) is 6.54 Å². The molecule has 0 bridgehead atoms. The number of fused-ring (bicyclic) bond motifs is 1. The van der Waals surface area contributed by atoms with Crippen molar-refractivity contribution in [1.82, 2.24) is 0 Å². The normalized spacial score (nSPS) is 13.8. The Bertz CT molecular complexity index is 777. The van der Waals surface area contributed by atoms with Crippen LogP contribution < -0.4 is 10.2 Å². The molecule has 0 fully saturated rings. The van der Waals surface area contributed by atoms with E-state index in [2.05, 4.69) is 5.32 Å². The van der Waals surface area contributed by atoms with Crippen LogP contribution in [0.3, 0.4) is 0 Å². The molecule has 0 spiro atoms. The predicted octanol–water partition coefficient (Wildman–Crippen LogP) is 4.36. The molecule has 0 radical (unpaired) electrons. The first-order valence-electron chi connectivity index (χ1n) is 7.35. The maximum atomic E-state index is 13.1. The molecule has 0 atom stereocenters. The Morgan fingerprint density at radius 3 is 2.71 bits per heavy atom. The second-order valence-corrected chi connectivity index (χ2v) is 5.90. The first-order valence-corrected chi connectivity index (χ1v) is 7.73. The van der Waals surface area contributed by atoms with Gasteiger partial charge in [-0.05, 0) is 36.2 Å². The Morgan fingerprint density at radius 1 is 1.21 bits per heavy atom. The molecule has 0 saturated carbocycles. The zero-order valence-corrected chi connectivity index (χ0v) is 13.3. The Labute approximate surface area is 142 Å². The number of benzene rings is 2. The number of carbonyl (C=O) groups excluding carboxylic acids is 1. The highest BCUT2D eigenvalue weighted by Gasteiger charge is 2.34. The maximum absolute atomic E-state index is 13.1. The lowest BCUT2D eigenvalue weighted by Gasteiger charge is -2.19. The van der Waals surface area contributed by atoms with Crippen LogP contribution in [0.5, 0.6) is 0 Å². The molecule has 2 aromatic carbocycles. The molecule has 0 aromatic heterocycles. The largest absolute Gasteiger partial charge is 0.418 e. The number of anilines is 2. The number of hydrogen-bond donors (Lipinski definition) is 1. The van der Waals surface area contributed by atoms with E-state index in [1.807, 2.05) is 24.3 Å². The van der Waals surface area contributed by atoms with Crippen molar-refractivity contribution in [3.8, 4) is 0 Å². The standard InChI is InChI=1S/C17H14ClF3N2O/c18-12-5-6-14(13(9-12)17(19,20)21)22-10-16(24)23-8-7-11-3-1-2-4-15(11)23/h1-6,9,22H,7-8,10H2. The van der Waals surface area contributed by atoms with Crippen LogP contribution in [-0.4, -0.2) is 19.0 Å². The number of halogens is 4. The summed E-state index contributed by atoms with van der Waals surface area (Å²) in [7, 11) is 0. The molecule has 1 heterocycles. The molecular weight excluding hydrogens is 341 g/mol. The SMILES string of the molecule is O=C(CNc1ccc(Cl)cc1C(F)(F)F)N1CCc2ccccc21. The first kappa shape index (κ1) is 16.6. The van der Waals surface area contributed by atoms with Crippen LogP contribution >= 0.6 is 11.6 Å². The predicted molar refractivity (Wildman–Crippen MR) is 87.4 cm³/mol. The third-order valence-corrected chi connectivity index (χ3v) is 4.14. The Kier molecular flexibility index (Phi) is 4.41. The molecule has 2 aromatic rings. The number of amides is 1. The van der Waals surface area contributed by atoms with Gasteiger partial charge in [0.15, 0.2) is 0 Å². The highest BCUT2D eigenvalue weighted by molar-refractivity contribution is 6.30. The fraction of sp³-hybridized carbons (Fsp3) is 0.235. The average Bonchev–Trinajstić information content (AvgIpc) is 2.96. The number of rotatable bonds is 3. The molecule has 24 heavy (non-hydrogen) atoms. The Balaban J connectivity index is 1.74. The van der Waals surface area contributed by atoms with Gasteiger partial charge in [0.2, 0.25) is 5.91 Å². The van der Waals surface area contributed by atoms with Gasteiger partial charge in [0, 0.05) is 22.9 Å². The number of alkyl halides is 3. The minimum atomic E-state index is -4.55. The summed E-state index contributed by atoms with van der Waals surface area (Å²) in [6, 6.07) is 10.9. The van der Waals surface area contributed by atoms with E-state index in [0.717, 1.165) is 23.7 Å². The molecule has 3 rings (SSSR count). The van der Waals surface area contributed by atoms with E-state index < -0.39 is 11.7 Å². The number of hydrogen-bond acceptors (Lipinski definition) is 2. The van der Waals surface area contributed by atoms with Crippen molar-refractivity contribution in [2.75, 3.05) is 23.3 Å². The zero-order valence-electron chi connectivity index (χ0n) is 12.5. The summed E-state index contributed by atoms with van der Waals surface area (Å²) in [6.45, 7) is 0.311. The zero-order chi connectivity index (χ0) is 17.3. The summed E-state index contributed by atoms with van der Waals surface area (Å²) < 4.78 is 39.2. The summed E-state index contributed by atoms with van der Waals surface area (Å²) in [4.78, 5) is 14.0. The number of nitrogens with zero attached hydrogens (tertiary/aromatic N) is 1. The van der Waals surface area contributed by atoms with Crippen LogP contribution in [0, 0.1) is 0 Å². The Hall–Kier alpha value is -2.21. The molecule has 126 valence electrons. The molecular formula is C17H14ClF3N2O. The van der Waals surface area contributed by atoms with E-state index in [4.69, 9.17) is 11.6 Å². The van der Waals surface area contributed by atoms with E-state index in [9.17, 15) is 18.0 Å². The lowest BCUT2D eigenvalue weighted by molar-refractivity contribution is -0.137. The quantitative estimate of drug-likeness (QED) is 0.888. The van der Waals surface area contributed by atoms with Crippen LogP contribution in [0.15, 0.2) is 42.5 Å². The number of nitrogens with one attached hydrogen (secondary N) is 1. The van der Waals surface area contributed by atoms with E-state index in [-0.39, 0.29) is 23.2 Å². The van der Waals surface area contributed by atoms with Crippen molar-refractivity contribution in [2.24, 2.45) is 0 Å². The highest BCUT2D eigenvalue weighted by atomic mass is 35.5. The third kappa shape index (κ3) is 3.33. The summed E-state index contributed by atoms with van der Waals surface area (Å²) in [5, 5.41) is 2.58. The van der Waals surface area contributed by atoms with Gasteiger partial charge in [0.1, 0.15) is 0 Å². The fourth-order valence-electron chi connectivity index (χ4n) is 2.77. The minimum absolute atomic E-state index is 0.00679. The van der Waals surface area contributed by atoms with Gasteiger partial charge in [0.05, 0.1) is 12.1 Å². The van der Waals surface area contributed by atoms with Crippen LogP contribution in [0.2, 0.25) is 5.02 Å². The summed E-state index contributed by atoms with van der Waals surface area (Å²) >= 11 is 5.64. The molecule has 0 aliphatic carbocycles. The second-order valence-electron chi connectivity index (χ2n) is 5.47.